The van der Waals surface area contributed by atoms with Gasteiger partial charge in [0.05, 0.1) is 17.1 Å². The zero-order valence-corrected chi connectivity index (χ0v) is 19.2. The maximum absolute atomic E-state index is 13.4. The van der Waals surface area contributed by atoms with E-state index in [-0.39, 0.29) is 11.5 Å². The van der Waals surface area contributed by atoms with Gasteiger partial charge in [-0.2, -0.15) is 9.78 Å². The minimum Gasteiger partial charge on any atom is -0.372 e. The molecule has 0 N–H and O–H groups in total. The Morgan fingerprint density at radius 3 is 2.45 bits per heavy atom. The van der Waals surface area contributed by atoms with E-state index in [0.717, 1.165) is 47.3 Å². The van der Waals surface area contributed by atoms with E-state index in [0.29, 0.717) is 5.39 Å². The molecule has 1 aliphatic heterocycles. The summed E-state index contributed by atoms with van der Waals surface area (Å²) in [6.45, 7) is 2.26. The van der Waals surface area contributed by atoms with Crippen molar-refractivity contribution in [2.75, 3.05) is 18.0 Å². The van der Waals surface area contributed by atoms with Crippen molar-refractivity contribution in [2.45, 2.75) is 50.9 Å². The maximum Gasteiger partial charge on any atom is 0.282 e. The van der Waals surface area contributed by atoms with Crippen molar-refractivity contribution in [1.29, 1.82) is 0 Å². The minimum absolute atomic E-state index is 0.100. The zero-order valence-electron chi connectivity index (χ0n) is 17.6. The van der Waals surface area contributed by atoms with Crippen LogP contribution in [0.3, 0.4) is 0 Å². The molecule has 2 aliphatic rings. The van der Waals surface area contributed by atoms with E-state index in [4.69, 9.17) is 4.98 Å². The lowest BCUT2D eigenvalue weighted by Gasteiger charge is -2.22. The Morgan fingerprint density at radius 2 is 1.71 bits per heavy atom. The molecular weight excluding hydrogens is 452 g/mol. The Hall–Kier alpha value is -2.47. The number of fused-ring (bicyclic) bond motifs is 1. The smallest absolute Gasteiger partial charge is 0.282 e. The second-order valence-electron chi connectivity index (χ2n) is 8.61. The van der Waals surface area contributed by atoms with Gasteiger partial charge in [-0.1, -0.05) is 47.3 Å². The van der Waals surface area contributed by atoms with Crippen molar-refractivity contribution in [3.63, 3.8) is 0 Å². The monoisotopic (exact) mass is 478 g/mol. The molecule has 0 spiro atoms. The van der Waals surface area contributed by atoms with Crippen LogP contribution in [0.25, 0.3) is 10.9 Å². The normalized spacial score (nSPS) is 17.8. The summed E-state index contributed by atoms with van der Waals surface area (Å²) < 4.78 is 2.41. The highest BCUT2D eigenvalue weighted by molar-refractivity contribution is 9.10. The molecule has 1 saturated carbocycles. The molecule has 0 bridgehead atoms. The van der Waals surface area contributed by atoms with E-state index >= 15 is 0 Å². The lowest BCUT2D eigenvalue weighted by molar-refractivity contribution is 0.416. The predicted molar refractivity (Wildman–Crippen MR) is 130 cm³/mol. The van der Waals surface area contributed by atoms with Crippen LogP contribution in [0.2, 0.25) is 0 Å². The first-order valence-electron chi connectivity index (χ1n) is 11.3. The number of rotatable bonds is 4. The SMILES string of the molecule is O=c1c2cc(Br)ccc2nc(C2CCCCC2)n1N=Cc1ccc(N2CCCC2)cc1. The molecule has 160 valence electrons. The lowest BCUT2D eigenvalue weighted by Crippen LogP contribution is -2.25. The molecule has 6 heteroatoms. The van der Waals surface area contributed by atoms with Gasteiger partial charge >= 0.3 is 0 Å². The average Bonchev–Trinajstić information content (AvgIpc) is 3.35. The molecule has 5 nitrogen and oxygen atoms in total. The second-order valence-corrected chi connectivity index (χ2v) is 9.53. The Balaban J connectivity index is 1.52. The fourth-order valence-corrected chi connectivity index (χ4v) is 5.13. The summed E-state index contributed by atoms with van der Waals surface area (Å²) in [5.74, 6) is 1.08. The van der Waals surface area contributed by atoms with Crippen LogP contribution in [-0.4, -0.2) is 29.0 Å². The summed E-state index contributed by atoms with van der Waals surface area (Å²) in [5.41, 5.74) is 2.89. The van der Waals surface area contributed by atoms with E-state index in [9.17, 15) is 4.79 Å². The molecule has 31 heavy (non-hydrogen) atoms. The van der Waals surface area contributed by atoms with Crippen LogP contribution in [0.1, 0.15) is 62.3 Å². The Bertz CT molecular complexity index is 1160. The first-order chi connectivity index (χ1) is 15.2. The molecule has 1 saturated heterocycles. The van der Waals surface area contributed by atoms with Crippen molar-refractivity contribution in [3.8, 4) is 0 Å². The molecule has 3 aromatic rings. The van der Waals surface area contributed by atoms with Crippen molar-refractivity contribution in [3.05, 3.63) is 68.7 Å². The highest BCUT2D eigenvalue weighted by Crippen LogP contribution is 2.32. The molecular formula is C25H27BrN4O. The van der Waals surface area contributed by atoms with Crippen molar-refractivity contribution in [1.82, 2.24) is 9.66 Å². The number of aromatic nitrogens is 2. The molecule has 2 heterocycles. The fourth-order valence-electron chi connectivity index (χ4n) is 4.77. The highest BCUT2D eigenvalue weighted by Gasteiger charge is 2.22. The highest BCUT2D eigenvalue weighted by atomic mass is 79.9. The summed E-state index contributed by atoms with van der Waals surface area (Å²) in [7, 11) is 0. The third-order valence-corrected chi connectivity index (χ3v) is 6.98. The first kappa shape index (κ1) is 20.4. The van der Waals surface area contributed by atoms with E-state index < -0.39 is 0 Å². The topological polar surface area (TPSA) is 50.5 Å². The molecule has 1 aromatic heterocycles. The molecule has 2 aromatic carbocycles. The third kappa shape index (κ3) is 4.31. The lowest BCUT2D eigenvalue weighted by atomic mass is 9.88. The number of nitrogens with zero attached hydrogens (tertiary/aromatic N) is 4. The average molecular weight is 479 g/mol. The number of halogens is 1. The van der Waals surface area contributed by atoms with Crippen LogP contribution in [0.5, 0.6) is 0 Å². The number of anilines is 1. The van der Waals surface area contributed by atoms with Crippen LogP contribution >= 0.6 is 15.9 Å². The van der Waals surface area contributed by atoms with Crippen molar-refractivity contribution < 1.29 is 0 Å². The van der Waals surface area contributed by atoms with Gasteiger partial charge < -0.3 is 4.90 Å². The van der Waals surface area contributed by atoms with E-state index in [2.05, 4.69) is 50.2 Å². The number of hydrogen-bond acceptors (Lipinski definition) is 4. The summed E-state index contributed by atoms with van der Waals surface area (Å²) in [6, 6.07) is 14.1. The van der Waals surface area contributed by atoms with Crippen LogP contribution in [0, 0.1) is 0 Å². The zero-order chi connectivity index (χ0) is 21.2. The van der Waals surface area contributed by atoms with Gasteiger partial charge in [-0.3, -0.25) is 4.79 Å². The van der Waals surface area contributed by atoms with Crippen LogP contribution < -0.4 is 10.5 Å². The van der Waals surface area contributed by atoms with Gasteiger partial charge in [0.15, 0.2) is 0 Å². The fraction of sp³-hybridized carbons (Fsp3) is 0.400. The van der Waals surface area contributed by atoms with Gasteiger partial charge in [-0.05, 0) is 61.6 Å². The standard InChI is InChI=1S/C25H27BrN4O/c26-20-10-13-23-22(16-20)25(31)30(24(28-23)19-6-2-1-3-7-19)27-17-18-8-11-21(12-9-18)29-14-4-5-15-29/h8-13,16-17,19H,1-7,14-15H2. The Kier molecular flexibility index (Phi) is 5.90. The third-order valence-electron chi connectivity index (χ3n) is 6.49. The quantitative estimate of drug-likeness (QED) is 0.452. The van der Waals surface area contributed by atoms with Crippen molar-refractivity contribution in [2.24, 2.45) is 5.10 Å². The van der Waals surface area contributed by atoms with E-state index in [1.165, 1.54) is 37.8 Å². The molecule has 5 rings (SSSR count). The van der Waals surface area contributed by atoms with Gasteiger partial charge in [0, 0.05) is 29.2 Å². The summed E-state index contributed by atoms with van der Waals surface area (Å²) in [4.78, 5) is 20.7. The van der Waals surface area contributed by atoms with E-state index in [1.807, 2.05) is 18.2 Å². The second kappa shape index (κ2) is 8.95. The molecule has 0 unspecified atom stereocenters. The molecule has 2 fully saturated rings. The molecule has 0 atom stereocenters. The van der Waals surface area contributed by atoms with E-state index in [1.54, 1.807) is 10.9 Å². The molecule has 0 amide bonds. The van der Waals surface area contributed by atoms with Crippen LogP contribution in [0.15, 0.2) is 56.8 Å². The van der Waals surface area contributed by atoms with Gasteiger partial charge in [-0.15, -0.1) is 0 Å². The summed E-state index contributed by atoms with van der Waals surface area (Å²) in [6.07, 6.45) is 10.1. The minimum atomic E-state index is -0.100. The summed E-state index contributed by atoms with van der Waals surface area (Å²) >= 11 is 3.48. The van der Waals surface area contributed by atoms with Crippen LogP contribution in [-0.2, 0) is 0 Å². The van der Waals surface area contributed by atoms with Crippen molar-refractivity contribution >= 4 is 38.7 Å². The number of benzene rings is 2. The van der Waals surface area contributed by atoms with Gasteiger partial charge in [0.1, 0.15) is 5.82 Å². The van der Waals surface area contributed by atoms with Gasteiger partial charge in [0.2, 0.25) is 0 Å². The Morgan fingerprint density at radius 1 is 0.968 bits per heavy atom. The Labute approximate surface area is 190 Å². The maximum atomic E-state index is 13.4. The number of hydrogen-bond donors (Lipinski definition) is 0. The molecule has 1 aliphatic carbocycles. The summed E-state index contributed by atoms with van der Waals surface area (Å²) in [5, 5.41) is 5.24. The van der Waals surface area contributed by atoms with Gasteiger partial charge in [-0.25, -0.2) is 4.98 Å². The molecule has 0 radical (unpaired) electrons. The largest absolute Gasteiger partial charge is 0.372 e. The van der Waals surface area contributed by atoms with Gasteiger partial charge in [0.25, 0.3) is 5.56 Å². The van der Waals surface area contributed by atoms with Crippen LogP contribution in [0.4, 0.5) is 5.69 Å². The first-order valence-corrected chi connectivity index (χ1v) is 12.1. The predicted octanol–water partition coefficient (Wildman–Crippen LogP) is 5.69.